The highest BCUT2D eigenvalue weighted by Crippen LogP contribution is 2.22. The Morgan fingerprint density at radius 2 is 2.24 bits per heavy atom. The minimum atomic E-state index is -0.784. The van der Waals surface area contributed by atoms with Crippen molar-refractivity contribution < 1.29 is 23.6 Å². The van der Waals surface area contributed by atoms with E-state index in [2.05, 4.69) is 10.1 Å². The maximum absolute atomic E-state index is 12.4. The van der Waals surface area contributed by atoms with Crippen LogP contribution >= 0.6 is 0 Å². The minimum absolute atomic E-state index is 0.0445. The summed E-state index contributed by atoms with van der Waals surface area (Å²) < 4.78 is 10.2. The zero-order chi connectivity index (χ0) is 17.6. The SMILES string of the molecule is O=C(O)CC[C@@H]1CCCN(C(=O)CCc2nc(-c3ccoc3)no2)C1. The van der Waals surface area contributed by atoms with Crippen LogP contribution in [0.15, 0.2) is 27.5 Å². The fraction of sp³-hybridized carbons (Fsp3) is 0.529. The number of furan rings is 1. The van der Waals surface area contributed by atoms with Crippen LogP contribution in [-0.2, 0) is 16.0 Å². The number of aryl methyl sites for hydroxylation is 1. The van der Waals surface area contributed by atoms with Crippen molar-refractivity contribution in [2.45, 2.75) is 38.5 Å². The number of carbonyl (C=O) groups is 2. The molecule has 1 atom stereocenters. The lowest BCUT2D eigenvalue weighted by Gasteiger charge is -2.32. The number of hydrogen-bond donors (Lipinski definition) is 1. The van der Waals surface area contributed by atoms with Crippen molar-refractivity contribution in [1.29, 1.82) is 0 Å². The number of carboxylic acid groups (broad SMARTS) is 1. The molecule has 1 fully saturated rings. The molecule has 1 aliphatic rings. The van der Waals surface area contributed by atoms with Gasteiger partial charge < -0.3 is 18.9 Å². The number of rotatable bonds is 7. The van der Waals surface area contributed by atoms with E-state index < -0.39 is 5.97 Å². The summed E-state index contributed by atoms with van der Waals surface area (Å²) in [5, 5.41) is 12.7. The van der Waals surface area contributed by atoms with Gasteiger partial charge in [0.05, 0.1) is 11.8 Å². The van der Waals surface area contributed by atoms with Crippen molar-refractivity contribution in [3.05, 3.63) is 24.5 Å². The average molecular weight is 347 g/mol. The molecular formula is C17H21N3O5. The number of nitrogens with zero attached hydrogens (tertiary/aromatic N) is 3. The quantitative estimate of drug-likeness (QED) is 0.818. The Balaban J connectivity index is 1.48. The second-order valence-corrected chi connectivity index (χ2v) is 6.30. The van der Waals surface area contributed by atoms with Crippen LogP contribution in [0.4, 0.5) is 0 Å². The van der Waals surface area contributed by atoms with Gasteiger partial charge in [-0.3, -0.25) is 9.59 Å². The van der Waals surface area contributed by atoms with Gasteiger partial charge in [0.2, 0.25) is 17.6 Å². The molecule has 1 amide bonds. The van der Waals surface area contributed by atoms with E-state index in [9.17, 15) is 9.59 Å². The third kappa shape index (κ3) is 4.68. The molecule has 25 heavy (non-hydrogen) atoms. The Labute approximate surface area is 144 Å². The minimum Gasteiger partial charge on any atom is -0.481 e. The number of carbonyl (C=O) groups excluding carboxylic acids is 1. The Morgan fingerprint density at radius 3 is 3.00 bits per heavy atom. The molecule has 1 aliphatic heterocycles. The molecule has 0 unspecified atom stereocenters. The van der Waals surface area contributed by atoms with Crippen molar-refractivity contribution in [2.24, 2.45) is 5.92 Å². The predicted molar refractivity (Wildman–Crippen MR) is 86.5 cm³/mol. The predicted octanol–water partition coefficient (Wildman–Crippen LogP) is 2.37. The normalized spacial score (nSPS) is 17.6. The van der Waals surface area contributed by atoms with Crippen LogP contribution in [-0.4, -0.2) is 45.1 Å². The number of aromatic nitrogens is 2. The third-order valence-electron chi connectivity index (χ3n) is 4.44. The van der Waals surface area contributed by atoms with Gasteiger partial charge in [0, 0.05) is 32.4 Å². The molecule has 0 aromatic carbocycles. The van der Waals surface area contributed by atoms with Gasteiger partial charge in [-0.2, -0.15) is 4.98 Å². The largest absolute Gasteiger partial charge is 0.481 e. The molecule has 2 aromatic rings. The molecule has 0 bridgehead atoms. The molecule has 0 aliphatic carbocycles. The Hall–Kier alpha value is -2.64. The monoisotopic (exact) mass is 347 g/mol. The Kier molecular flexibility index (Phi) is 5.47. The zero-order valence-electron chi connectivity index (χ0n) is 13.9. The molecule has 134 valence electrons. The number of likely N-dealkylation sites (tertiary alicyclic amines) is 1. The molecule has 1 saturated heterocycles. The maximum atomic E-state index is 12.4. The standard InChI is InChI=1S/C17H21N3O5/c21-15(20-8-1-2-12(10-20)3-6-16(22)23)5-4-14-18-17(19-25-14)13-7-9-24-11-13/h7,9,11-12H,1-6,8,10H2,(H,22,23)/t12-/m0/s1. The molecule has 0 spiro atoms. The fourth-order valence-corrected chi connectivity index (χ4v) is 3.09. The van der Waals surface area contributed by atoms with Crippen molar-refractivity contribution >= 4 is 11.9 Å². The summed E-state index contributed by atoms with van der Waals surface area (Å²) in [5.41, 5.74) is 0.735. The van der Waals surface area contributed by atoms with Crippen LogP contribution in [0.5, 0.6) is 0 Å². The summed E-state index contributed by atoms with van der Waals surface area (Å²) in [7, 11) is 0. The third-order valence-corrected chi connectivity index (χ3v) is 4.44. The number of amides is 1. The molecular weight excluding hydrogens is 326 g/mol. The van der Waals surface area contributed by atoms with E-state index in [-0.39, 0.29) is 18.2 Å². The molecule has 3 rings (SSSR count). The topological polar surface area (TPSA) is 110 Å². The van der Waals surface area contributed by atoms with Crippen molar-refractivity contribution in [2.75, 3.05) is 13.1 Å². The van der Waals surface area contributed by atoms with Crippen LogP contribution in [0.1, 0.15) is 38.0 Å². The molecule has 8 nitrogen and oxygen atoms in total. The lowest BCUT2D eigenvalue weighted by atomic mass is 9.93. The molecule has 8 heteroatoms. The second kappa shape index (κ2) is 7.96. The van der Waals surface area contributed by atoms with E-state index in [1.54, 1.807) is 6.07 Å². The highest BCUT2D eigenvalue weighted by Gasteiger charge is 2.24. The van der Waals surface area contributed by atoms with E-state index in [0.717, 1.165) is 24.9 Å². The van der Waals surface area contributed by atoms with Gasteiger partial charge in [-0.1, -0.05) is 5.16 Å². The first kappa shape index (κ1) is 17.2. The molecule has 3 heterocycles. The van der Waals surface area contributed by atoms with E-state index in [1.165, 1.54) is 12.5 Å². The summed E-state index contributed by atoms with van der Waals surface area (Å²) >= 11 is 0. The van der Waals surface area contributed by atoms with Gasteiger partial charge >= 0.3 is 5.97 Å². The molecule has 0 saturated carbocycles. The summed E-state index contributed by atoms with van der Waals surface area (Å²) in [4.78, 5) is 29.2. The van der Waals surface area contributed by atoms with Crippen LogP contribution in [0.25, 0.3) is 11.4 Å². The fourth-order valence-electron chi connectivity index (χ4n) is 3.09. The molecule has 0 radical (unpaired) electrons. The first-order valence-corrected chi connectivity index (χ1v) is 8.46. The first-order chi connectivity index (χ1) is 12.1. The average Bonchev–Trinajstić information content (AvgIpc) is 3.29. The smallest absolute Gasteiger partial charge is 0.303 e. The zero-order valence-corrected chi connectivity index (χ0v) is 13.9. The molecule has 2 aromatic heterocycles. The Bertz CT molecular complexity index is 710. The van der Waals surface area contributed by atoms with Crippen LogP contribution in [0.2, 0.25) is 0 Å². The van der Waals surface area contributed by atoms with Gasteiger partial charge in [0.25, 0.3) is 0 Å². The van der Waals surface area contributed by atoms with Gasteiger partial charge in [-0.05, 0) is 31.2 Å². The number of hydrogen-bond acceptors (Lipinski definition) is 6. The second-order valence-electron chi connectivity index (χ2n) is 6.30. The van der Waals surface area contributed by atoms with Crippen LogP contribution < -0.4 is 0 Å². The lowest BCUT2D eigenvalue weighted by molar-refractivity contribution is -0.137. The lowest BCUT2D eigenvalue weighted by Crippen LogP contribution is -2.40. The van der Waals surface area contributed by atoms with Crippen LogP contribution in [0.3, 0.4) is 0 Å². The van der Waals surface area contributed by atoms with E-state index in [4.69, 9.17) is 14.0 Å². The summed E-state index contributed by atoms with van der Waals surface area (Å²) in [6.45, 7) is 1.36. The summed E-state index contributed by atoms with van der Waals surface area (Å²) in [6.07, 6.45) is 6.44. The number of carboxylic acids is 1. The van der Waals surface area contributed by atoms with Crippen molar-refractivity contribution in [3.8, 4) is 11.4 Å². The van der Waals surface area contributed by atoms with Crippen LogP contribution in [0, 0.1) is 5.92 Å². The van der Waals surface area contributed by atoms with Gasteiger partial charge in [0.1, 0.15) is 6.26 Å². The van der Waals surface area contributed by atoms with Crippen molar-refractivity contribution in [3.63, 3.8) is 0 Å². The highest BCUT2D eigenvalue weighted by atomic mass is 16.5. The van der Waals surface area contributed by atoms with Crippen molar-refractivity contribution in [1.82, 2.24) is 15.0 Å². The number of piperidine rings is 1. The highest BCUT2D eigenvalue weighted by molar-refractivity contribution is 5.76. The van der Waals surface area contributed by atoms with E-state index >= 15 is 0 Å². The van der Waals surface area contributed by atoms with E-state index in [1.807, 2.05) is 4.90 Å². The van der Waals surface area contributed by atoms with Gasteiger partial charge in [0.15, 0.2) is 0 Å². The number of aliphatic carboxylic acids is 1. The maximum Gasteiger partial charge on any atom is 0.303 e. The van der Waals surface area contributed by atoms with E-state index in [0.29, 0.717) is 37.5 Å². The first-order valence-electron chi connectivity index (χ1n) is 8.46. The van der Waals surface area contributed by atoms with Gasteiger partial charge in [-0.25, -0.2) is 0 Å². The summed E-state index contributed by atoms with van der Waals surface area (Å²) in [5.74, 6) is 0.396. The van der Waals surface area contributed by atoms with Gasteiger partial charge in [-0.15, -0.1) is 0 Å². The summed E-state index contributed by atoms with van der Waals surface area (Å²) in [6, 6.07) is 1.74. The molecule has 1 N–H and O–H groups in total. The Morgan fingerprint density at radius 1 is 1.36 bits per heavy atom.